The summed E-state index contributed by atoms with van der Waals surface area (Å²) in [6.07, 6.45) is 4.95. The van der Waals surface area contributed by atoms with E-state index < -0.39 is 0 Å². The van der Waals surface area contributed by atoms with Crippen molar-refractivity contribution >= 4 is 0 Å². The van der Waals surface area contributed by atoms with Crippen molar-refractivity contribution < 1.29 is 9.52 Å². The number of rotatable bonds is 2. The molecule has 1 fully saturated rings. The fraction of sp³-hybridized carbons (Fsp3) is 0.667. The number of furan rings is 1. The summed E-state index contributed by atoms with van der Waals surface area (Å²) >= 11 is 0. The molecular formula is C12H17NO2. The van der Waals surface area contributed by atoms with Gasteiger partial charge in [0.15, 0.2) is 0 Å². The molecule has 1 saturated carbocycles. The third kappa shape index (κ3) is 1.94. The number of hydrogen-bond acceptors (Lipinski definition) is 3. The van der Waals surface area contributed by atoms with Gasteiger partial charge < -0.3 is 9.52 Å². The van der Waals surface area contributed by atoms with Crippen molar-refractivity contribution in [2.75, 3.05) is 13.1 Å². The van der Waals surface area contributed by atoms with Gasteiger partial charge in [0.25, 0.3) is 0 Å². The molecule has 0 spiro atoms. The molecule has 82 valence electrons. The Morgan fingerprint density at radius 3 is 3.07 bits per heavy atom. The molecule has 0 aromatic carbocycles. The van der Waals surface area contributed by atoms with Crippen LogP contribution in [0.4, 0.5) is 0 Å². The van der Waals surface area contributed by atoms with Crippen molar-refractivity contribution in [3.05, 3.63) is 23.7 Å². The van der Waals surface area contributed by atoms with E-state index in [1.54, 1.807) is 6.26 Å². The van der Waals surface area contributed by atoms with Gasteiger partial charge in [0.1, 0.15) is 5.76 Å². The molecule has 0 amide bonds. The summed E-state index contributed by atoms with van der Waals surface area (Å²) in [6, 6.07) is 1.90. The van der Waals surface area contributed by atoms with Gasteiger partial charge in [0.05, 0.1) is 18.9 Å². The lowest BCUT2D eigenvalue weighted by atomic mass is 10.1. The van der Waals surface area contributed by atoms with Crippen LogP contribution in [-0.4, -0.2) is 23.1 Å². The van der Waals surface area contributed by atoms with Gasteiger partial charge in [-0.3, -0.25) is 4.90 Å². The largest absolute Gasteiger partial charge is 0.468 e. The summed E-state index contributed by atoms with van der Waals surface area (Å²) in [4.78, 5) is 2.41. The van der Waals surface area contributed by atoms with Crippen molar-refractivity contribution in [3.63, 3.8) is 0 Å². The zero-order chi connectivity index (χ0) is 10.3. The molecule has 1 aromatic rings. The second kappa shape index (κ2) is 3.65. The number of aliphatic hydroxyl groups is 1. The Bertz CT molecular complexity index is 343. The highest BCUT2D eigenvalue weighted by molar-refractivity contribution is 5.21. The van der Waals surface area contributed by atoms with Gasteiger partial charge in [-0.25, -0.2) is 0 Å². The summed E-state index contributed by atoms with van der Waals surface area (Å²) in [5, 5.41) is 9.91. The lowest BCUT2D eigenvalue weighted by molar-refractivity contribution is 0.150. The monoisotopic (exact) mass is 207 g/mol. The van der Waals surface area contributed by atoms with Gasteiger partial charge in [-0.2, -0.15) is 0 Å². The van der Waals surface area contributed by atoms with E-state index >= 15 is 0 Å². The van der Waals surface area contributed by atoms with Crippen LogP contribution in [0.3, 0.4) is 0 Å². The highest BCUT2D eigenvalue weighted by atomic mass is 16.3. The van der Waals surface area contributed by atoms with Crippen LogP contribution in [0.15, 0.2) is 16.7 Å². The molecule has 0 saturated heterocycles. The normalized spacial score (nSPS) is 27.4. The van der Waals surface area contributed by atoms with Crippen molar-refractivity contribution in [1.82, 2.24) is 4.90 Å². The summed E-state index contributed by atoms with van der Waals surface area (Å²) < 4.78 is 5.44. The minimum atomic E-state index is -0.331. The molecule has 3 nitrogen and oxygen atoms in total. The van der Waals surface area contributed by atoms with E-state index in [1.807, 2.05) is 6.07 Å². The standard InChI is InChI=1S/C12H17NO2/c14-11-3-5-13(7-9-1-2-9)8-12-10(11)4-6-15-12/h4,6,9,11,14H,1-3,5,7-8H2. The zero-order valence-electron chi connectivity index (χ0n) is 8.85. The maximum absolute atomic E-state index is 9.91. The van der Waals surface area contributed by atoms with Crippen LogP contribution in [0.25, 0.3) is 0 Å². The van der Waals surface area contributed by atoms with Crippen LogP contribution in [0.1, 0.15) is 36.7 Å². The first kappa shape index (κ1) is 9.43. The summed E-state index contributed by atoms with van der Waals surface area (Å²) in [5.41, 5.74) is 0.994. The van der Waals surface area contributed by atoms with Crippen molar-refractivity contribution in [2.24, 2.45) is 5.92 Å². The van der Waals surface area contributed by atoms with E-state index in [-0.39, 0.29) is 6.10 Å². The van der Waals surface area contributed by atoms with Crippen LogP contribution >= 0.6 is 0 Å². The van der Waals surface area contributed by atoms with E-state index in [0.29, 0.717) is 0 Å². The topological polar surface area (TPSA) is 36.6 Å². The highest BCUT2D eigenvalue weighted by Gasteiger charge is 2.28. The zero-order valence-corrected chi connectivity index (χ0v) is 8.85. The highest BCUT2D eigenvalue weighted by Crippen LogP contribution is 2.33. The van der Waals surface area contributed by atoms with Gasteiger partial charge in [-0.15, -0.1) is 0 Å². The summed E-state index contributed by atoms with van der Waals surface area (Å²) in [7, 11) is 0. The van der Waals surface area contributed by atoms with Gasteiger partial charge in [-0.05, 0) is 31.2 Å². The average Bonchev–Trinajstić information content (AvgIpc) is 2.94. The molecule has 1 aliphatic heterocycles. The van der Waals surface area contributed by atoms with Gasteiger partial charge >= 0.3 is 0 Å². The van der Waals surface area contributed by atoms with Crippen LogP contribution in [0, 0.1) is 5.92 Å². The van der Waals surface area contributed by atoms with Gasteiger partial charge in [-0.1, -0.05) is 0 Å². The predicted octanol–water partition coefficient (Wildman–Crippen LogP) is 1.93. The summed E-state index contributed by atoms with van der Waals surface area (Å²) in [6.45, 7) is 3.03. The second-order valence-corrected chi connectivity index (χ2v) is 4.78. The Morgan fingerprint density at radius 2 is 2.27 bits per heavy atom. The van der Waals surface area contributed by atoms with Crippen LogP contribution in [0.5, 0.6) is 0 Å². The lowest BCUT2D eigenvalue weighted by Gasteiger charge is -2.18. The maximum atomic E-state index is 9.91. The SMILES string of the molecule is OC1CCN(CC2CC2)Cc2occc21. The molecule has 1 N–H and O–H groups in total. The molecule has 1 aromatic heterocycles. The van der Waals surface area contributed by atoms with E-state index in [4.69, 9.17) is 4.42 Å². The van der Waals surface area contributed by atoms with E-state index in [2.05, 4.69) is 4.90 Å². The van der Waals surface area contributed by atoms with Crippen molar-refractivity contribution in [1.29, 1.82) is 0 Å². The van der Waals surface area contributed by atoms with Crippen LogP contribution < -0.4 is 0 Å². The smallest absolute Gasteiger partial charge is 0.123 e. The first-order valence-electron chi connectivity index (χ1n) is 5.79. The van der Waals surface area contributed by atoms with Crippen LogP contribution in [-0.2, 0) is 6.54 Å². The molecule has 2 heterocycles. The van der Waals surface area contributed by atoms with Crippen molar-refractivity contribution in [3.8, 4) is 0 Å². The Kier molecular flexibility index (Phi) is 2.29. The van der Waals surface area contributed by atoms with Gasteiger partial charge in [0, 0.05) is 18.7 Å². The first-order chi connectivity index (χ1) is 7.33. The molecule has 1 atom stereocenters. The lowest BCUT2D eigenvalue weighted by Crippen LogP contribution is -2.25. The molecule has 3 rings (SSSR count). The minimum absolute atomic E-state index is 0.331. The number of fused-ring (bicyclic) bond motifs is 1. The third-order valence-electron chi connectivity index (χ3n) is 3.44. The fourth-order valence-corrected chi connectivity index (χ4v) is 2.34. The van der Waals surface area contributed by atoms with Crippen molar-refractivity contribution in [2.45, 2.75) is 31.9 Å². The Labute approximate surface area is 89.7 Å². The molecule has 0 radical (unpaired) electrons. The molecule has 3 heteroatoms. The molecule has 0 bridgehead atoms. The predicted molar refractivity (Wildman–Crippen MR) is 56.3 cm³/mol. The number of aliphatic hydroxyl groups excluding tert-OH is 1. The second-order valence-electron chi connectivity index (χ2n) is 4.78. The van der Waals surface area contributed by atoms with Crippen LogP contribution in [0.2, 0.25) is 0 Å². The number of hydrogen-bond donors (Lipinski definition) is 1. The molecule has 1 unspecified atom stereocenters. The van der Waals surface area contributed by atoms with E-state index in [9.17, 15) is 5.11 Å². The first-order valence-corrected chi connectivity index (χ1v) is 5.79. The molecule has 15 heavy (non-hydrogen) atoms. The van der Waals surface area contributed by atoms with Gasteiger partial charge in [0.2, 0.25) is 0 Å². The molecular weight excluding hydrogens is 190 g/mol. The molecule has 1 aliphatic carbocycles. The third-order valence-corrected chi connectivity index (χ3v) is 3.44. The Morgan fingerprint density at radius 1 is 1.40 bits per heavy atom. The molecule has 2 aliphatic rings. The Balaban J connectivity index is 1.75. The fourth-order valence-electron chi connectivity index (χ4n) is 2.34. The summed E-state index contributed by atoms with van der Waals surface area (Å²) in [5.74, 6) is 1.86. The Hall–Kier alpha value is -0.800. The average molecular weight is 207 g/mol. The maximum Gasteiger partial charge on any atom is 0.123 e. The van der Waals surface area contributed by atoms with E-state index in [0.717, 1.165) is 36.8 Å². The van der Waals surface area contributed by atoms with E-state index in [1.165, 1.54) is 19.4 Å². The quantitative estimate of drug-likeness (QED) is 0.805. The minimum Gasteiger partial charge on any atom is -0.468 e. The number of nitrogens with zero attached hydrogens (tertiary/aromatic N) is 1.